The van der Waals surface area contributed by atoms with Gasteiger partial charge in [-0.3, -0.25) is 4.79 Å². The van der Waals surface area contributed by atoms with E-state index >= 15 is 0 Å². The summed E-state index contributed by atoms with van der Waals surface area (Å²) >= 11 is 0. The zero-order valence-corrected chi connectivity index (χ0v) is 11.6. The van der Waals surface area contributed by atoms with Gasteiger partial charge >= 0.3 is 0 Å². The SMILES string of the molecule is CC1CCC(NC(=O)c2cc3c(cc2N)OCO3)CC1. The van der Waals surface area contributed by atoms with Crippen LogP contribution in [-0.4, -0.2) is 18.7 Å². The van der Waals surface area contributed by atoms with Crippen molar-refractivity contribution in [3.63, 3.8) is 0 Å². The molecular formula is C15H20N2O3. The van der Waals surface area contributed by atoms with Gasteiger partial charge in [-0.25, -0.2) is 0 Å². The second-order valence-corrected chi connectivity index (χ2v) is 5.72. The molecule has 5 heteroatoms. The van der Waals surface area contributed by atoms with Gasteiger partial charge < -0.3 is 20.5 Å². The highest BCUT2D eigenvalue weighted by Gasteiger charge is 2.23. The Bertz CT molecular complexity index is 522. The van der Waals surface area contributed by atoms with Crippen LogP contribution in [0.5, 0.6) is 11.5 Å². The quantitative estimate of drug-likeness (QED) is 0.813. The number of hydrogen-bond donors (Lipinski definition) is 2. The Labute approximate surface area is 118 Å². The first kappa shape index (κ1) is 13.1. The molecule has 1 heterocycles. The summed E-state index contributed by atoms with van der Waals surface area (Å²) in [6, 6.07) is 3.57. The van der Waals surface area contributed by atoms with Crippen molar-refractivity contribution < 1.29 is 14.3 Å². The molecule has 1 aromatic carbocycles. The molecule has 1 amide bonds. The van der Waals surface area contributed by atoms with Gasteiger partial charge in [0, 0.05) is 17.8 Å². The number of nitrogens with one attached hydrogen (secondary N) is 1. The Morgan fingerprint density at radius 1 is 1.20 bits per heavy atom. The molecule has 1 fully saturated rings. The van der Waals surface area contributed by atoms with E-state index < -0.39 is 0 Å². The molecule has 0 spiro atoms. The van der Waals surface area contributed by atoms with E-state index in [4.69, 9.17) is 15.2 Å². The van der Waals surface area contributed by atoms with E-state index in [1.165, 1.54) is 12.8 Å². The van der Waals surface area contributed by atoms with Crippen LogP contribution in [0.15, 0.2) is 12.1 Å². The van der Waals surface area contributed by atoms with Gasteiger partial charge in [-0.1, -0.05) is 6.92 Å². The van der Waals surface area contributed by atoms with Crippen LogP contribution in [-0.2, 0) is 0 Å². The van der Waals surface area contributed by atoms with Gasteiger partial charge in [-0.05, 0) is 37.7 Å². The van der Waals surface area contributed by atoms with Crippen molar-refractivity contribution in [2.24, 2.45) is 5.92 Å². The fourth-order valence-electron chi connectivity index (χ4n) is 2.82. The summed E-state index contributed by atoms with van der Waals surface area (Å²) in [5.74, 6) is 1.83. The Morgan fingerprint density at radius 2 is 1.85 bits per heavy atom. The summed E-state index contributed by atoms with van der Waals surface area (Å²) in [5.41, 5.74) is 6.82. The van der Waals surface area contributed by atoms with Crippen LogP contribution < -0.4 is 20.5 Å². The number of rotatable bonds is 2. The minimum atomic E-state index is -0.125. The van der Waals surface area contributed by atoms with Crippen molar-refractivity contribution in [1.29, 1.82) is 0 Å². The van der Waals surface area contributed by atoms with Gasteiger partial charge in [0.05, 0.1) is 5.56 Å². The van der Waals surface area contributed by atoms with Gasteiger partial charge in [0.2, 0.25) is 6.79 Å². The second-order valence-electron chi connectivity index (χ2n) is 5.72. The molecule has 0 saturated heterocycles. The van der Waals surface area contributed by atoms with Crippen molar-refractivity contribution >= 4 is 11.6 Å². The normalized spacial score (nSPS) is 24.4. The first-order valence-electron chi connectivity index (χ1n) is 7.13. The highest BCUT2D eigenvalue weighted by atomic mass is 16.7. The van der Waals surface area contributed by atoms with E-state index in [1.54, 1.807) is 12.1 Å². The number of amides is 1. The lowest BCUT2D eigenvalue weighted by Crippen LogP contribution is -2.37. The van der Waals surface area contributed by atoms with Gasteiger partial charge in [0.15, 0.2) is 11.5 Å². The van der Waals surface area contributed by atoms with Crippen LogP contribution in [0.25, 0.3) is 0 Å². The lowest BCUT2D eigenvalue weighted by molar-refractivity contribution is 0.0923. The molecule has 3 rings (SSSR count). The first-order chi connectivity index (χ1) is 9.63. The van der Waals surface area contributed by atoms with Crippen LogP contribution >= 0.6 is 0 Å². The predicted octanol–water partition coefficient (Wildman–Crippen LogP) is 2.31. The van der Waals surface area contributed by atoms with Gasteiger partial charge in [0.1, 0.15) is 0 Å². The molecule has 3 N–H and O–H groups in total. The summed E-state index contributed by atoms with van der Waals surface area (Å²) in [5, 5.41) is 3.07. The highest BCUT2D eigenvalue weighted by Crippen LogP contribution is 2.36. The Morgan fingerprint density at radius 3 is 2.55 bits per heavy atom. The average molecular weight is 276 g/mol. The maximum absolute atomic E-state index is 12.3. The highest BCUT2D eigenvalue weighted by molar-refractivity contribution is 6.00. The maximum Gasteiger partial charge on any atom is 0.253 e. The standard InChI is InChI=1S/C15H20N2O3/c1-9-2-4-10(5-3-9)17-15(18)11-6-13-14(7-12(11)16)20-8-19-13/h6-7,9-10H,2-5,8,16H2,1H3,(H,17,18). The molecule has 1 aliphatic heterocycles. The molecule has 20 heavy (non-hydrogen) atoms. The summed E-state index contributed by atoms with van der Waals surface area (Å²) in [6.45, 7) is 2.44. The Balaban J connectivity index is 1.71. The molecule has 1 aromatic rings. The summed E-state index contributed by atoms with van der Waals surface area (Å²) in [7, 11) is 0. The Hall–Kier alpha value is -1.91. The van der Waals surface area contributed by atoms with Crippen molar-refractivity contribution in [2.75, 3.05) is 12.5 Å². The molecule has 0 bridgehead atoms. The third kappa shape index (κ3) is 2.53. The first-order valence-corrected chi connectivity index (χ1v) is 7.13. The molecule has 0 radical (unpaired) electrons. The van der Waals surface area contributed by atoms with Gasteiger partial charge in [0.25, 0.3) is 5.91 Å². The molecule has 108 valence electrons. The van der Waals surface area contributed by atoms with E-state index in [2.05, 4.69) is 12.2 Å². The number of anilines is 1. The minimum Gasteiger partial charge on any atom is -0.454 e. The van der Waals surface area contributed by atoms with Crippen LogP contribution in [0.3, 0.4) is 0 Å². The van der Waals surface area contributed by atoms with E-state index in [9.17, 15) is 4.79 Å². The lowest BCUT2D eigenvalue weighted by Gasteiger charge is -2.27. The van der Waals surface area contributed by atoms with Crippen molar-refractivity contribution in [3.8, 4) is 11.5 Å². The van der Waals surface area contributed by atoms with E-state index in [0.29, 0.717) is 22.7 Å². The number of nitrogen functional groups attached to an aromatic ring is 1. The van der Waals surface area contributed by atoms with Crippen LogP contribution in [0.4, 0.5) is 5.69 Å². The zero-order chi connectivity index (χ0) is 14.1. The molecule has 1 saturated carbocycles. The Kier molecular flexibility index (Phi) is 3.42. The van der Waals surface area contributed by atoms with Crippen molar-refractivity contribution in [3.05, 3.63) is 17.7 Å². The fourth-order valence-corrected chi connectivity index (χ4v) is 2.82. The number of fused-ring (bicyclic) bond motifs is 1. The number of carbonyl (C=O) groups is 1. The minimum absolute atomic E-state index is 0.125. The number of carbonyl (C=O) groups excluding carboxylic acids is 1. The lowest BCUT2D eigenvalue weighted by atomic mass is 9.87. The molecular weight excluding hydrogens is 256 g/mol. The summed E-state index contributed by atoms with van der Waals surface area (Å²) in [6.07, 6.45) is 4.41. The number of hydrogen-bond acceptors (Lipinski definition) is 4. The molecule has 2 aliphatic rings. The van der Waals surface area contributed by atoms with E-state index in [1.807, 2.05) is 0 Å². The second kappa shape index (κ2) is 5.23. The van der Waals surface area contributed by atoms with E-state index in [-0.39, 0.29) is 18.7 Å². The third-order valence-electron chi connectivity index (χ3n) is 4.14. The third-order valence-corrected chi connectivity index (χ3v) is 4.14. The van der Waals surface area contributed by atoms with Crippen LogP contribution in [0.1, 0.15) is 43.0 Å². The molecule has 0 atom stereocenters. The summed E-state index contributed by atoms with van der Waals surface area (Å²) in [4.78, 5) is 12.3. The zero-order valence-electron chi connectivity index (χ0n) is 11.6. The molecule has 5 nitrogen and oxygen atoms in total. The van der Waals surface area contributed by atoms with E-state index in [0.717, 1.165) is 18.8 Å². The average Bonchev–Trinajstić information content (AvgIpc) is 2.87. The molecule has 1 aliphatic carbocycles. The fraction of sp³-hybridized carbons (Fsp3) is 0.533. The number of nitrogens with two attached hydrogens (primary N) is 1. The molecule has 0 aromatic heterocycles. The molecule has 0 unspecified atom stereocenters. The monoisotopic (exact) mass is 276 g/mol. The van der Waals surface area contributed by atoms with Crippen LogP contribution in [0, 0.1) is 5.92 Å². The van der Waals surface area contributed by atoms with Crippen molar-refractivity contribution in [1.82, 2.24) is 5.32 Å². The smallest absolute Gasteiger partial charge is 0.253 e. The van der Waals surface area contributed by atoms with Gasteiger partial charge in [-0.2, -0.15) is 0 Å². The van der Waals surface area contributed by atoms with Gasteiger partial charge in [-0.15, -0.1) is 0 Å². The largest absolute Gasteiger partial charge is 0.454 e. The topological polar surface area (TPSA) is 73.6 Å². The number of benzene rings is 1. The predicted molar refractivity (Wildman–Crippen MR) is 75.9 cm³/mol. The summed E-state index contributed by atoms with van der Waals surface area (Å²) < 4.78 is 10.5. The van der Waals surface area contributed by atoms with Crippen LogP contribution in [0.2, 0.25) is 0 Å². The van der Waals surface area contributed by atoms with Crippen molar-refractivity contribution in [2.45, 2.75) is 38.6 Å². The number of ether oxygens (including phenoxy) is 2. The maximum atomic E-state index is 12.3.